The van der Waals surface area contributed by atoms with Crippen molar-refractivity contribution < 1.29 is 18.9 Å². The maximum Gasteiger partial charge on any atom is 0.231 e. The summed E-state index contributed by atoms with van der Waals surface area (Å²) in [5.74, 6) is 3.35. The van der Waals surface area contributed by atoms with E-state index in [-0.39, 0.29) is 0 Å². The van der Waals surface area contributed by atoms with Gasteiger partial charge in [-0.3, -0.25) is 4.90 Å². The summed E-state index contributed by atoms with van der Waals surface area (Å²) in [6.45, 7) is 2.81. The molecule has 0 saturated carbocycles. The minimum atomic E-state index is 0.318. The number of fused-ring (bicyclic) bond motifs is 5. The average molecular weight is 415 g/mol. The van der Waals surface area contributed by atoms with E-state index in [4.69, 9.17) is 18.9 Å². The van der Waals surface area contributed by atoms with Gasteiger partial charge in [0.1, 0.15) is 6.61 Å². The highest BCUT2D eigenvalue weighted by Gasteiger charge is 2.34. The molecule has 0 spiro atoms. The molecule has 5 heteroatoms. The van der Waals surface area contributed by atoms with E-state index in [0.717, 1.165) is 54.5 Å². The molecule has 0 radical (unpaired) electrons. The lowest BCUT2D eigenvalue weighted by atomic mass is 9.83. The lowest BCUT2D eigenvalue weighted by Crippen LogP contribution is -2.39. The summed E-state index contributed by atoms with van der Waals surface area (Å²) in [6, 6.07) is 19.3. The minimum Gasteiger partial charge on any atom is -0.493 e. The predicted molar refractivity (Wildman–Crippen MR) is 117 cm³/mol. The SMILES string of the molecule is COc1cc2c(cc1OCc1ccccc1)CN1CCc3cc4c(cc3C1C2)OCO4. The Labute approximate surface area is 182 Å². The second-order valence-corrected chi connectivity index (χ2v) is 8.39. The zero-order chi connectivity index (χ0) is 20.8. The van der Waals surface area contributed by atoms with Gasteiger partial charge < -0.3 is 18.9 Å². The lowest BCUT2D eigenvalue weighted by Gasteiger charge is -2.41. The van der Waals surface area contributed by atoms with Crippen LogP contribution in [0, 0.1) is 0 Å². The molecule has 0 N–H and O–H groups in total. The molecular formula is C26H25NO4. The Balaban J connectivity index is 1.30. The van der Waals surface area contributed by atoms with Gasteiger partial charge in [-0.2, -0.15) is 0 Å². The number of methoxy groups -OCH3 is 1. The molecule has 3 aromatic rings. The van der Waals surface area contributed by atoms with Crippen molar-refractivity contribution in [3.05, 3.63) is 82.4 Å². The summed E-state index contributed by atoms with van der Waals surface area (Å²) in [6.07, 6.45) is 1.99. The zero-order valence-electron chi connectivity index (χ0n) is 17.6. The van der Waals surface area contributed by atoms with Gasteiger partial charge in [0.05, 0.1) is 7.11 Å². The second kappa shape index (κ2) is 7.50. The quantitative estimate of drug-likeness (QED) is 0.620. The summed E-state index contributed by atoms with van der Waals surface area (Å²) >= 11 is 0. The molecule has 0 aromatic heterocycles. The van der Waals surface area contributed by atoms with Gasteiger partial charge in [0.25, 0.3) is 0 Å². The highest BCUT2D eigenvalue weighted by Crippen LogP contribution is 2.45. The number of benzene rings is 3. The van der Waals surface area contributed by atoms with E-state index >= 15 is 0 Å². The summed E-state index contributed by atoms with van der Waals surface area (Å²) in [5, 5.41) is 0. The molecular weight excluding hydrogens is 390 g/mol. The monoisotopic (exact) mass is 415 g/mol. The Hall–Kier alpha value is -3.18. The molecule has 3 heterocycles. The summed E-state index contributed by atoms with van der Waals surface area (Å²) in [4.78, 5) is 2.57. The van der Waals surface area contributed by atoms with Crippen LogP contribution in [-0.4, -0.2) is 25.3 Å². The molecule has 3 aromatic carbocycles. The Morgan fingerprint density at radius 3 is 2.58 bits per heavy atom. The van der Waals surface area contributed by atoms with E-state index in [1.807, 2.05) is 18.2 Å². The van der Waals surface area contributed by atoms with Crippen LogP contribution < -0.4 is 18.9 Å². The average Bonchev–Trinajstić information content (AvgIpc) is 3.27. The van der Waals surface area contributed by atoms with Gasteiger partial charge in [-0.15, -0.1) is 0 Å². The zero-order valence-corrected chi connectivity index (χ0v) is 17.6. The van der Waals surface area contributed by atoms with E-state index in [0.29, 0.717) is 19.4 Å². The molecule has 5 nitrogen and oxygen atoms in total. The summed E-state index contributed by atoms with van der Waals surface area (Å²) in [7, 11) is 1.71. The molecule has 31 heavy (non-hydrogen) atoms. The third kappa shape index (κ3) is 3.29. The summed E-state index contributed by atoms with van der Waals surface area (Å²) < 4.78 is 23.1. The van der Waals surface area contributed by atoms with Crippen molar-refractivity contribution in [3.8, 4) is 23.0 Å². The van der Waals surface area contributed by atoms with E-state index < -0.39 is 0 Å². The van der Waals surface area contributed by atoms with Gasteiger partial charge in [0.2, 0.25) is 6.79 Å². The van der Waals surface area contributed by atoms with Crippen molar-refractivity contribution in [2.45, 2.75) is 32.0 Å². The van der Waals surface area contributed by atoms with E-state index in [9.17, 15) is 0 Å². The molecule has 158 valence electrons. The first kappa shape index (κ1) is 18.6. The molecule has 0 fully saturated rings. The van der Waals surface area contributed by atoms with Crippen LogP contribution in [0.15, 0.2) is 54.6 Å². The van der Waals surface area contributed by atoms with Crippen molar-refractivity contribution in [1.82, 2.24) is 4.90 Å². The number of rotatable bonds is 4. The van der Waals surface area contributed by atoms with Crippen molar-refractivity contribution in [1.29, 1.82) is 0 Å². The van der Waals surface area contributed by atoms with Crippen molar-refractivity contribution >= 4 is 0 Å². The van der Waals surface area contributed by atoms with Crippen LogP contribution in [0.3, 0.4) is 0 Å². The van der Waals surface area contributed by atoms with Crippen LogP contribution in [0.2, 0.25) is 0 Å². The summed E-state index contributed by atoms with van der Waals surface area (Å²) in [5.41, 5.74) is 6.54. The highest BCUT2D eigenvalue weighted by molar-refractivity contribution is 5.53. The Morgan fingerprint density at radius 2 is 1.74 bits per heavy atom. The Bertz CT molecular complexity index is 1130. The van der Waals surface area contributed by atoms with Crippen LogP contribution >= 0.6 is 0 Å². The van der Waals surface area contributed by atoms with Gasteiger partial charge in [-0.05, 0) is 64.9 Å². The van der Waals surface area contributed by atoms with Crippen LogP contribution in [0.1, 0.15) is 33.9 Å². The lowest BCUT2D eigenvalue weighted by molar-refractivity contribution is 0.159. The molecule has 0 bridgehead atoms. The first-order valence-electron chi connectivity index (χ1n) is 10.8. The topological polar surface area (TPSA) is 40.2 Å². The standard InChI is InChI=1S/C26H25NO4/c1-28-23-11-19-9-22-21-13-26-25(30-16-31-26)10-18(21)7-8-27(22)14-20(19)12-24(23)29-15-17-5-3-2-4-6-17/h2-6,10-13,22H,7-9,14-16H2,1H3. The van der Waals surface area contributed by atoms with Crippen molar-refractivity contribution in [2.24, 2.45) is 0 Å². The number of hydrogen-bond acceptors (Lipinski definition) is 5. The molecule has 0 aliphatic carbocycles. The van der Waals surface area contributed by atoms with Crippen LogP contribution in [0.5, 0.6) is 23.0 Å². The van der Waals surface area contributed by atoms with Gasteiger partial charge >= 0.3 is 0 Å². The van der Waals surface area contributed by atoms with E-state index in [1.54, 1.807) is 7.11 Å². The smallest absolute Gasteiger partial charge is 0.231 e. The highest BCUT2D eigenvalue weighted by atomic mass is 16.7. The van der Waals surface area contributed by atoms with Crippen molar-refractivity contribution in [2.75, 3.05) is 20.4 Å². The third-order valence-corrected chi connectivity index (χ3v) is 6.61. The normalized spacial score (nSPS) is 18.7. The van der Waals surface area contributed by atoms with E-state index in [2.05, 4.69) is 41.3 Å². The Morgan fingerprint density at radius 1 is 0.935 bits per heavy atom. The Kier molecular flexibility index (Phi) is 4.50. The molecule has 1 unspecified atom stereocenters. The van der Waals surface area contributed by atoms with Gasteiger partial charge in [-0.25, -0.2) is 0 Å². The van der Waals surface area contributed by atoms with E-state index in [1.165, 1.54) is 22.3 Å². The van der Waals surface area contributed by atoms with Crippen LogP contribution in [0.25, 0.3) is 0 Å². The fourth-order valence-corrected chi connectivity index (χ4v) is 4.99. The van der Waals surface area contributed by atoms with Gasteiger partial charge in [0, 0.05) is 19.1 Å². The van der Waals surface area contributed by atoms with Gasteiger partial charge in [0.15, 0.2) is 23.0 Å². The number of ether oxygens (including phenoxy) is 4. The maximum absolute atomic E-state index is 6.15. The minimum absolute atomic E-state index is 0.318. The fourth-order valence-electron chi connectivity index (χ4n) is 4.99. The first-order chi connectivity index (χ1) is 15.3. The van der Waals surface area contributed by atoms with Crippen LogP contribution in [0.4, 0.5) is 0 Å². The molecule has 0 saturated heterocycles. The largest absolute Gasteiger partial charge is 0.493 e. The number of hydrogen-bond donors (Lipinski definition) is 0. The predicted octanol–water partition coefficient (Wildman–Crippen LogP) is 4.66. The van der Waals surface area contributed by atoms with Crippen LogP contribution in [-0.2, 0) is 26.0 Å². The molecule has 0 amide bonds. The second-order valence-electron chi connectivity index (χ2n) is 8.39. The van der Waals surface area contributed by atoms with Crippen molar-refractivity contribution in [3.63, 3.8) is 0 Å². The fraction of sp³-hybridized carbons (Fsp3) is 0.308. The van der Waals surface area contributed by atoms with Gasteiger partial charge in [-0.1, -0.05) is 30.3 Å². The number of nitrogens with zero attached hydrogens (tertiary/aromatic N) is 1. The molecule has 3 aliphatic heterocycles. The maximum atomic E-state index is 6.15. The molecule has 6 rings (SSSR count). The molecule has 3 aliphatic rings. The third-order valence-electron chi connectivity index (χ3n) is 6.61. The first-order valence-corrected chi connectivity index (χ1v) is 10.8. The molecule has 1 atom stereocenters.